The SMILES string of the molecule is CCOc1ccc(C(=O)NNC(=O)C2(c3ccccc3)CC2)cc1. The lowest BCUT2D eigenvalue weighted by Gasteiger charge is -2.16. The second kappa shape index (κ2) is 6.74. The molecule has 0 spiro atoms. The van der Waals surface area contributed by atoms with E-state index in [-0.39, 0.29) is 11.8 Å². The number of nitrogens with one attached hydrogen (secondary N) is 2. The van der Waals surface area contributed by atoms with Gasteiger partial charge in [-0.05, 0) is 49.6 Å². The molecule has 2 amide bonds. The molecule has 0 radical (unpaired) electrons. The molecular weight excluding hydrogens is 304 g/mol. The van der Waals surface area contributed by atoms with E-state index in [1.54, 1.807) is 24.3 Å². The molecular formula is C19H20N2O3. The van der Waals surface area contributed by atoms with E-state index >= 15 is 0 Å². The van der Waals surface area contributed by atoms with E-state index in [2.05, 4.69) is 10.9 Å². The van der Waals surface area contributed by atoms with E-state index in [1.807, 2.05) is 37.3 Å². The number of hydrogen-bond donors (Lipinski definition) is 2. The van der Waals surface area contributed by atoms with Gasteiger partial charge in [0.1, 0.15) is 5.75 Å². The summed E-state index contributed by atoms with van der Waals surface area (Å²) in [7, 11) is 0. The van der Waals surface area contributed by atoms with Crippen LogP contribution >= 0.6 is 0 Å². The van der Waals surface area contributed by atoms with E-state index in [9.17, 15) is 9.59 Å². The molecule has 124 valence electrons. The first-order chi connectivity index (χ1) is 11.7. The van der Waals surface area contributed by atoms with Crippen molar-refractivity contribution < 1.29 is 14.3 Å². The first kappa shape index (κ1) is 16.1. The zero-order valence-corrected chi connectivity index (χ0v) is 13.5. The normalized spacial score (nSPS) is 14.5. The van der Waals surface area contributed by atoms with E-state index in [1.165, 1.54) is 0 Å². The Kier molecular flexibility index (Phi) is 4.51. The Morgan fingerprint density at radius 1 is 1.00 bits per heavy atom. The van der Waals surface area contributed by atoms with Gasteiger partial charge in [0.15, 0.2) is 0 Å². The maximum Gasteiger partial charge on any atom is 0.269 e. The summed E-state index contributed by atoms with van der Waals surface area (Å²) in [6.45, 7) is 2.47. The zero-order valence-electron chi connectivity index (χ0n) is 13.5. The lowest BCUT2D eigenvalue weighted by atomic mass is 9.95. The van der Waals surface area contributed by atoms with Crippen LogP contribution in [0.25, 0.3) is 0 Å². The van der Waals surface area contributed by atoms with Gasteiger partial charge in [0, 0.05) is 5.56 Å². The van der Waals surface area contributed by atoms with Crippen LogP contribution in [0.3, 0.4) is 0 Å². The minimum atomic E-state index is -0.507. The number of carbonyl (C=O) groups excluding carboxylic acids is 2. The molecule has 3 rings (SSSR count). The fraction of sp³-hybridized carbons (Fsp3) is 0.263. The van der Waals surface area contributed by atoms with Gasteiger partial charge in [-0.3, -0.25) is 20.4 Å². The van der Waals surface area contributed by atoms with Crippen molar-refractivity contribution in [2.75, 3.05) is 6.61 Å². The van der Waals surface area contributed by atoms with Crippen LogP contribution < -0.4 is 15.6 Å². The van der Waals surface area contributed by atoms with Gasteiger partial charge in [0.2, 0.25) is 5.91 Å². The minimum Gasteiger partial charge on any atom is -0.494 e. The number of amides is 2. The van der Waals surface area contributed by atoms with Crippen LogP contribution in [-0.4, -0.2) is 18.4 Å². The number of ether oxygens (including phenoxy) is 1. The number of hydrazine groups is 1. The largest absolute Gasteiger partial charge is 0.494 e. The van der Waals surface area contributed by atoms with Crippen molar-refractivity contribution in [1.29, 1.82) is 0 Å². The molecule has 0 saturated heterocycles. The van der Waals surface area contributed by atoms with Crippen molar-refractivity contribution in [2.45, 2.75) is 25.2 Å². The third-order valence-electron chi connectivity index (χ3n) is 4.23. The van der Waals surface area contributed by atoms with Crippen LogP contribution in [0.4, 0.5) is 0 Å². The summed E-state index contributed by atoms with van der Waals surface area (Å²) in [5.41, 5.74) is 5.98. The molecule has 24 heavy (non-hydrogen) atoms. The number of hydrogen-bond acceptors (Lipinski definition) is 3. The van der Waals surface area contributed by atoms with Crippen LogP contribution in [0.15, 0.2) is 54.6 Å². The zero-order chi connectivity index (χ0) is 17.0. The maximum atomic E-state index is 12.5. The first-order valence-corrected chi connectivity index (χ1v) is 8.05. The van der Waals surface area contributed by atoms with Crippen molar-refractivity contribution in [3.63, 3.8) is 0 Å². The third-order valence-corrected chi connectivity index (χ3v) is 4.23. The lowest BCUT2D eigenvalue weighted by Crippen LogP contribution is -2.46. The second-order valence-electron chi connectivity index (χ2n) is 5.81. The van der Waals surface area contributed by atoms with Gasteiger partial charge in [-0.1, -0.05) is 30.3 Å². The first-order valence-electron chi connectivity index (χ1n) is 8.05. The van der Waals surface area contributed by atoms with Crippen LogP contribution in [-0.2, 0) is 10.2 Å². The number of rotatable bonds is 5. The summed E-state index contributed by atoms with van der Waals surface area (Å²) in [4.78, 5) is 24.6. The van der Waals surface area contributed by atoms with Crippen molar-refractivity contribution in [1.82, 2.24) is 10.9 Å². The number of benzene rings is 2. The molecule has 0 aliphatic heterocycles. The average molecular weight is 324 g/mol. The summed E-state index contributed by atoms with van der Waals surface area (Å²) in [5, 5.41) is 0. The predicted octanol–water partition coefficient (Wildman–Crippen LogP) is 2.58. The molecule has 0 heterocycles. The second-order valence-corrected chi connectivity index (χ2v) is 5.81. The molecule has 1 fully saturated rings. The Morgan fingerprint density at radius 3 is 2.25 bits per heavy atom. The predicted molar refractivity (Wildman–Crippen MR) is 90.6 cm³/mol. The Labute approximate surface area is 141 Å². The molecule has 2 N–H and O–H groups in total. The summed E-state index contributed by atoms with van der Waals surface area (Å²) < 4.78 is 5.34. The van der Waals surface area contributed by atoms with Gasteiger partial charge in [-0.25, -0.2) is 0 Å². The van der Waals surface area contributed by atoms with E-state index in [0.717, 1.165) is 18.4 Å². The quantitative estimate of drug-likeness (QED) is 0.831. The van der Waals surface area contributed by atoms with Crippen LogP contribution in [0, 0.1) is 0 Å². The van der Waals surface area contributed by atoms with Crippen molar-refractivity contribution in [2.24, 2.45) is 0 Å². The Morgan fingerprint density at radius 2 is 1.67 bits per heavy atom. The van der Waals surface area contributed by atoms with Gasteiger partial charge in [0.05, 0.1) is 12.0 Å². The third kappa shape index (κ3) is 3.25. The van der Waals surface area contributed by atoms with Gasteiger partial charge in [-0.2, -0.15) is 0 Å². The molecule has 0 unspecified atom stereocenters. The Balaban J connectivity index is 1.59. The van der Waals surface area contributed by atoms with Gasteiger partial charge in [-0.15, -0.1) is 0 Å². The smallest absolute Gasteiger partial charge is 0.269 e. The molecule has 2 aromatic carbocycles. The monoisotopic (exact) mass is 324 g/mol. The highest BCUT2D eigenvalue weighted by Gasteiger charge is 2.51. The fourth-order valence-corrected chi connectivity index (χ4v) is 2.70. The number of carbonyl (C=O) groups is 2. The highest BCUT2D eigenvalue weighted by molar-refractivity contribution is 5.97. The van der Waals surface area contributed by atoms with Crippen LogP contribution in [0.5, 0.6) is 5.75 Å². The summed E-state index contributed by atoms with van der Waals surface area (Å²) >= 11 is 0. The maximum absolute atomic E-state index is 12.5. The molecule has 5 nitrogen and oxygen atoms in total. The Hall–Kier alpha value is -2.82. The summed E-state index contributed by atoms with van der Waals surface area (Å²) in [5.74, 6) is 0.183. The highest BCUT2D eigenvalue weighted by Crippen LogP contribution is 2.48. The van der Waals surface area contributed by atoms with Crippen LogP contribution in [0.1, 0.15) is 35.7 Å². The molecule has 2 aromatic rings. The van der Waals surface area contributed by atoms with E-state index in [4.69, 9.17) is 4.74 Å². The van der Waals surface area contributed by atoms with E-state index < -0.39 is 5.41 Å². The molecule has 0 bridgehead atoms. The molecule has 1 saturated carbocycles. The van der Waals surface area contributed by atoms with E-state index in [0.29, 0.717) is 17.9 Å². The fourth-order valence-electron chi connectivity index (χ4n) is 2.70. The average Bonchev–Trinajstić information content (AvgIpc) is 3.43. The lowest BCUT2D eigenvalue weighted by molar-refractivity contribution is -0.124. The standard InChI is InChI=1S/C19H20N2O3/c1-2-24-16-10-8-14(9-11-16)17(22)20-21-18(23)19(12-13-19)15-6-4-3-5-7-15/h3-11H,2,12-13H2,1H3,(H,20,22)(H,21,23). The summed E-state index contributed by atoms with van der Waals surface area (Å²) in [6.07, 6.45) is 1.59. The molecule has 0 atom stereocenters. The topological polar surface area (TPSA) is 67.4 Å². The van der Waals surface area contributed by atoms with Gasteiger partial charge in [0.25, 0.3) is 5.91 Å². The van der Waals surface area contributed by atoms with Gasteiger partial charge >= 0.3 is 0 Å². The molecule has 1 aliphatic carbocycles. The van der Waals surface area contributed by atoms with Crippen molar-refractivity contribution in [3.05, 3.63) is 65.7 Å². The molecule has 0 aromatic heterocycles. The van der Waals surface area contributed by atoms with Gasteiger partial charge < -0.3 is 4.74 Å². The van der Waals surface area contributed by atoms with Crippen molar-refractivity contribution in [3.8, 4) is 5.75 Å². The van der Waals surface area contributed by atoms with Crippen molar-refractivity contribution >= 4 is 11.8 Å². The summed E-state index contributed by atoms with van der Waals surface area (Å²) in [6, 6.07) is 16.4. The highest BCUT2D eigenvalue weighted by atomic mass is 16.5. The Bertz CT molecular complexity index is 722. The minimum absolute atomic E-state index is 0.173. The molecule has 1 aliphatic rings. The molecule has 5 heteroatoms. The van der Waals surface area contributed by atoms with Crippen LogP contribution in [0.2, 0.25) is 0 Å².